The Morgan fingerprint density at radius 2 is 2.00 bits per heavy atom. The number of carbonyl (C=O) groups is 1. The second kappa shape index (κ2) is 7.42. The third kappa shape index (κ3) is 3.95. The predicted molar refractivity (Wildman–Crippen MR) is 87.4 cm³/mol. The van der Waals surface area contributed by atoms with Crippen molar-refractivity contribution in [3.8, 4) is 23.6 Å². The van der Waals surface area contributed by atoms with Crippen LogP contribution in [-0.4, -0.2) is 17.1 Å². The average Bonchev–Trinajstić information content (AvgIpc) is 2.56. The van der Waals surface area contributed by atoms with Crippen LogP contribution in [-0.2, 0) is 11.2 Å². The van der Waals surface area contributed by atoms with E-state index in [9.17, 15) is 4.79 Å². The first-order chi connectivity index (χ1) is 10.6. The van der Waals surface area contributed by atoms with Gasteiger partial charge in [-0.05, 0) is 31.0 Å². The lowest BCUT2D eigenvalue weighted by Crippen LogP contribution is -2.14. The molecule has 2 rings (SSSR count). The molecule has 1 heterocycles. The number of nitrogens with zero attached hydrogens (tertiary/aromatic N) is 1. The SMILES string of the molecule is C#C[C@@H](C)OC(=O)c1cccc(-c2ccc(CCC)cc2)n1. The fraction of sp³-hybridized carbons (Fsp3) is 0.263. The van der Waals surface area contributed by atoms with Crippen molar-refractivity contribution in [2.75, 3.05) is 0 Å². The summed E-state index contributed by atoms with van der Waals surface area (Å²) < 4.78 is 5.09. The number of hydrogen-bond donors (Lipinski definition) is 0. The van der Waals surface area contributed by atoms with Gasteiger partial charge in [-0.15, -0.1) is 6.42 Å². The molecule has 0 unspecified atom stereocenters. The molecule has 1 atom stereocenters. The third-order valence-corrected chi connectivity index (χ3v) is 3.27. The summed E-state index contributed by atoms with van der Waals surface area (Å²) in [4.78, 5) is 16.3. The van der Waals surface area contributed by atoms with Crippen molar-refractivity contribution in [3.05, 3.63) is 53.7 Å². The molecular weight excluding hydrogens is 274 g/mol. The lowest BCUT2D eigenvalue weighted by Gasteiger charge is -2.08. The number of aryl methyl sites for hydroxylation is 1. The summed E-state index contributed by atoms with van der Waals surface area (Å²) in [5, 5.41) is 0. The zero-order valence-electron chi connectivity index (χ0n) is 12.9. The van der Waals surface area contributed by atoms with Crippen molar-refractivity contribution in [1.82, 2.24) is 4.98 Å². The van der Waals surface area contributed by atoms with E-state index in [2.05, 4.69) is 30.0 Å². The highest BCUT2D eigenvalue weighted by Crippen LogP contribution is 2.19. The second-order valence-corrected chi connectivity index (χ2v) is 5.07. The molecule has 112 valence electrons. The van der Waals surface area contributed by atoms with E-state index in [1.807, 2.05) is 18.2 Å². The molecule has 0 saturated carbocycles. The average molecular weight is 293 g/mol. The lowest BCUT2D eigenvalue weighted by atomic mass is 10.1. The molecule has 22 heavy (non-hydrogen) atoms. The highest BCUT2D eigenvalue weighted by Gasteiger charge is 2.12. The quantitative estimate of drug-likeness (QED) is 0.620. The number of ether oxygens (including phenoxy) is 1. The molecule has 3 nitrogen and oxygen atoms in total. The topological polar surface area (TPSA) is 39.2 Å². The maximum Gasteiger partial charge on any atom is 0.358 e. The summed E-state index contributed by atoms with van der Waals surface area (Å²) in [5.41, 5.74) is 3.27. The van der Waals surface area contributed by atoms with Crippen LogP contribution < -0.4 is 0 Å². The minimum atomic E-state index is -0.564. The number of carbonyl (C=O) groups excluding carboxylic acids is 1. The fourth-order valence-corrected chi connectivity index (χ4v) is 2.09. The number of aromatic nitrogens is 1. The number of pyridine rings is 1. The zero-order chi connectivity index (χ0) is 15.9. The van der Waals surface area contributed by atoms with Gasteiger partial charge in [0.2, 0.25) is 0 Å². The molecule has 1 aromatic carbocycles. The van der Waals surface area contributed by atoms with Crippen LogP contribution in [0.3, 0.4) is 0 Å². The Morgan fingerprint density at radius 1 is 1.27 bits per heavy atom. The molecule has 3 heteroatoms. The largest absolute Gasteiger partial charge is 0.445 e. The highest BCUT2D eigenvalue weighted by molar-refractivity contribution is 5.88. The normalized spacial score (nSPS) is 11.5. The van der Waals surface area contributed by atoms with Gasteiger partial charge in [0.15, 0.2) is 6.10 Å². The van der Waals surface area contributed by atoms with Gasteiger partial charge in [0.1, 0.15) is 5.69 Å². The number of hydrogen-bond acceptors (Lipinski definition) is 3. The van der Waals surface area contributed by atoms with Crippen LogP contribution in [0.5, 0.6) is 0 Å². The molecule has 2 aromatic rings. The summed E-state index contributed by atoms with van der Waals surface area (Å²) >= 11 is 0. The van der Waals surface area contributed by atoms with E-state index in [1.54, 1.807) is 19.1 Å². The van der Waals surface area contributed by atoms with Gasteiger partial charge in [-0.2, -0.15) is 0 Å². The van der Waals surface area contributed by atoms with Gasteiger partial charge in [0.25, 0.3) is 0 Å². The van der Waals surface area contributed by atoms with Crippen molar-refractivity contribution in [1.29, 1.82) is 0 Å². The predicted octanol–water partition coefficient (Wildman–Crippen LogP) is 3.88. The monoisotopic (exact) mass is 293 g/mol. The third-order valence-electron chi connectivity index (χ3n) is 3.27. The van der Waals surface area contributed by atoms with E-state index in [1.165, 1.54) is 5.56 Å². The summed E-state index contributed by atoms with van der Waals surface area (Å²) in [6.45, 7) is 3.80. The minimum absolute atomic E-state index is 0.261. The van der Waals surface area contributed by atoms with E-state index in [0.29, 0.717) is 0 Å². The first kappa shape index (κ1) is 15.8. The van der Waals surface area contributed by atoms with Gasteiger partial charge in [0, 0.05) is 5.56 Å². The molecule has 0 N–H and O–H groups in total. The number of benzene rings is 1. The Hall–Kier alpha value is -2.60. The van der Waals surface area contributed by atoms with Crippen LogP contribution >= 0.6 is 0 Å². The maximum absolute atomic E-state index is 12.0. The van der Waals surface area contributed by atoms with E-state index in [0.717, 1.165) is 24.1 Å². The molecule has 0 fully saturated rings. The van der Waals surface area contributed by atoms with Crippen LogP contribution in [0.2, 0.25) is 0 Å². The van der Waals surface area contributed by atoms with E-state index in [-0.39, 0.29) is 5.69 Å². The summed E-state index contributed by atoms with van der Waals surface area (Å²) in [7, 11) is 0. The fourth-order valence-electron chi connectivity index (χ4n) is 2.09. The molecule has 0 amide bonds. The lowest BCUT2D eigenvalue weighted by molar-refractivity contribution is 0.0432. The van der Waals surface area contributed by atoms with Gasteiger partial charge in [-0.25, -0.2) is 9.78 Å². The van der Waals surface area contributed by atoms with Gasteiger partial charge in [-0.1, -0.05) is 49.6 Å². The van der Waals surface area contributed by atoms with Crippen molar-refractivity contribution in [2.45, 2.75) is 32.8 Å². The Balaban J connectivity index is 2.21. The van der Waals surface area contributed by atoms with Crippen LogP contribution in [0.4, 0.5) is 0 Å². The smallest absolute Gasteiger partial charge is 0.358 e. The van der Waals surface area contributed by atoms with Crippen molar-refractivity contribution in [3.63, 3.8) is 0 Å². The van der Waals surface area contributed by atoms with E-state index >= 15 is 0 Å². The first-order valence-electron chi connectivity index (χ1n) is 7.37. The first-order valence-corrected chi connectivity index (χ1v) is 7.37. The van der Waals surface area contributed by atoms with Crippen LogP contribution in [0.1, 0.15) is 36.3 Å². The van der Waals surface area contributed by atoms with Crippen LogP contribution in [0.15, 0.2) is 42.5 Å². The highest BCUT2D eigenvalue weighted by atomic mass is 16.5. The van der Waals surface area contributed by atoms with Gasteiger partial charge >= 0.3 is 5.97 Å². The van der Waals surface area contributed by atoms with Crippen molar-refractivity contribution < 1.29 is 9.53 Å². The molecule has 0 radical (unpaired) electrons. The van der Waals surface area contributed by atoms with Crippen LogP contribution in [0.25, 0.3) is 11.3 Å². The number of rotatable bonds is 5. The molecular formula is C19H19NO2. The van der Waals surface area contributed by atoms with E-state index in [4.69, 9.17) is 11.2 Å². The second-order valence-electron chi connectivity index (χ2n) is 5.07. The maximum atomic E-state index is 12.0. The standard InChI is InChI=1S/C19H19NO2/c1-4-7-15-10-12-16(13-11-15)17-8-6-9-18(20-17)19(21)22-14(3)5-2/h2,6,8-14H,4,7H2,1,3H3/t14-/m1/s1. The Kier molecular flexibility index (Phi) is 5.32. The summed E-state index contributed by atoms with van der Waals surface area (Å²) in [6, 6.07) is 13.5. The Labute approximate surface area is 131 Å². The van der Waals surface area contributed by atoms with Crippen LogP contribution in [0, 0.1) is 12.3 Å². The molecule has 0 bridgehead atoms. The molecule has 0 saturated heterocycles. The number of esters is 1. The van der Waals surface area contributed by atoms with Crippen molar-refractivity contribution >= 4 is 5.97 Å². The molecule has 1 aromatic heterocycles. The summed E-state index contributed by atoms with van der Waals surface area (Å²) in [6.07, 6.45) is 6.82. The number of terminal acetylenes is 1. The van der Waals surface area contributed by atoms with Gasteiger partial charge in [0.05, 0.1) is 5.69 Å². The molecule has 0 spiro atoms. The van der Waals surface area contributed by atoms with Crippen molar-refractivity contribution in [2.24, 2.45) is 0 Å². The van der Waals surface area contributed by atoms with Gasteiger partial charge < -0.3 is 4.74 Å². The zero-order valence-corrected chi connectivity index (χ0v) is 12.9. The molecule has 0 aliphatic carbocycles. The Morgan fingerprint density at radius 3 is 2.64 bits per heavy atom. The molecule has 0 aliphatic rings. The van der Waals surface area contributed by atoms with E-state index < -0.39 is 12.1 Å². The summed E-state index contributed by atoms with van der Waals surface area (Å²) in [5.74, 6) is 1.85. The Bertz CT molecular complexity index is 683. The minimum Gasteiger partial charge on any atom is -0.445 e. The van der Waals surface area contributed by atoms with Gasteiger partial charge in [-0.3, -0.25) is 0 Å². The molecule has 0 aliphatic heterocycles.